The van der Waals surface area contributed by atoms with E-state index in [0.29, 0.717) is 22.8 Å². The highest BCUT2D eigenvalue weighted by atomic mass is 35.5. The summed E-state index contributed by atoms with van der Waals surface area (Å²) in [6.07, 6.45) is 0. The minimum Gasteiger partial charge on any atom is -0.507 e. The van der Waals surface area contributed by atoms with E-state index < -0.39 is 17.7 Å². The van der Waals surface area contributed by atoms with E-state index in [1.807, 2.05) is 17.5 Å². The Kier molecular flexibility index (Phi) is 6.21. The number of aliphatic hydroxyl groups excluding tert-OH is 1. The molecule has 6 nitrogen and oxygen atoms in total. The van der Waals surface area contributed by atoms with Crippen LogP contribution in [0.15, 0.2) is 65.6 Å². The molecule has 0 radical (unpaired) electrons. The van der Waals surface area contributed by atoms with Crippen molar-refractivity contribution in [2.45, 2.75) is 19.5 Å². The van der Waals surface area contributed by atoms with Crippen molar-refractivity contribution in [3.05, 3.63) is 86.6 Å². The molecule has 1 amide bonds. The summed E-state index contributed by atoms with van der Waals surface area (Å²) in [7, 11) is 0. The van der Waals surface area contributed by atoms with Crippen molar-refractivity contribution in [1.82, 2.24) is 4.90 Å². The maximum atomic E-state index is 13.1. The van der Waals surface area contributed by atoms with Gasteiger partial charge in [0.2, 0.25) is 0 Å². The molecule has 8 heteroatoms. The Morgan fingerprint density at radius 2 is 1.91 bits per heavy atom. The first-order valence-corrected chi connectivity index (χ1v) is 11.2. The summed E-state index contributed by atoms with van der Waals surface area (Å²) in [5, 5.41) is 23.6. The molecule has 1 fully saturated rings. The molecule has 1 aliphatic heterocycles. The highest BCUT2D eigenvalue weighted by Crippen LogP contribution is 2.42. The number of hydrogen-bond donors (Lipinski definition) is 2. The van der Waals surface area contributed by atoms with Gasteiger partial charge in [-0.2, -0.15) is 0 Å². The highest BCUT2D eigenvalue weighted by molar-refractivity contribution is 7.09. The van der Waals surface area contributed by atoms with Gasteiger partial charge in [-0.15, -0.1) is 11.3 Å². The maximum Gasteiger partial charge on any atom is 0.295 e. The highest BCUT2D eigenvalue weighted by Gasteiger charge is 2.46. The number of likely N-dealkylation sites (tertiary alicyclic amines) is 1. The van der Waals surface area contributed by atoms with Gasteiger partial charge in [-0.1, -0.05) is 23.7 Å². The lowest BCUT2D eigenvalue weighted by atomic mass is 9.95. The van der Waals surface area contributed by atoms with Gasteiger partial charge in [0.25, 0.3) is 11.7 Å². The molecule has 1 unspecified atom stereocenters. The van der Waals surface area contributed by atoms with Gasteiger partial charge in [0, 0.05) is 15.5 Å². The molecule has 0 bridgehead atoms. The number of ether oxygens (including phenoxy) is 1. The minimum absolute atomic E-state index is 0.0259. The lowest BCUT2D eigenvalue weighted by Crippen LogP contribution is -2.28. The first-order chi connectivity index (χ1) is 15.4. The third-order valence-corrected chi connectivity index (χ3v) is 6.28. The molecular formula is C24H20ClNO5S. The van der Waals surface area contributed by atoms with E-state index in [2.05, 4.69) is 0 Å². The number of Topliss-reactive ketones (excluding diaryl/α,β-unsaturated/α-hetero) is 1. The van der Waals surface area contributed by atoms with Gasteiger partial charge in [-0.25, -0.2) is 0 Å². The van der Waals surface area contributed by atoms with Crippen LogP contribution in [0.1, 0.15) is 29.0 Å². The monoisotopic (exact) mass is 469 g/mol. The van der Waals surface area contributed by atoms with Crippen molar-refractivity contribution in [1.29, 1.82) is 0 Å². The van der Waals surface area contributed by atoms with E-state index in [-0.39, 0.29) is 29.4 Å². The zero-order valence-electron chi connectivity index (χ0n) is 17.1. The molecule has 2 aromatic carbocycles. The largest absolute Gasteiger partial charge is 0.507 e. The van der Waals surface area contributed by atoms with Crippen LogP contribution in [-0.4, -0.2) is 33.4 Å². The minimum atomic E-state index is -0.854. The molecular weight excluding hydrogens is 450 g/mol. The quantitative estimate of drug-likeness (QED) is 0.297. The molecule has 1 saturated heterocycles. The van der Waals surface area contributed by atoms with Crippen LogP contribution in [0, 0.1) is 0 Å². The Labute approximate surface area is 193 Å². The van der Waals surface area contributed by atoms with E-state index in [4.69, 9.17) is 16.3 Å². The number of rotatable bonds is 6. The molecule has 0 spiro atoms. The SMILES string of the molecule is CCOc1cc(C2/C(=C(\O)c3ccc(Cl)cc3)C(=O)C(=O)N2Cc2cccs2)ccc1O. The van der Waals surface area contributed by atoms with Crippen molar-refractivity contribution in [2.75, 3.05) is 6.61 Å². The predicted molar refractivity (Wildman–Crippen MR) is 123 cm³/mol. The predicted octanol–water partition coefficient (Wildman–Crippen LogP) is 5.13. The first-order valence-electron chi connectivity index (χ1n) is 9.93. The summed E-state index contributed by atoms with van der Waals surface area (Å²) in [6, 6.07) is 13.9. The van der Waals surface area contributed by atoms with Gasteiger partial charge in [0.1, 0.15) is 5.76 Å². The molecule has 0 aliphatic carbocycles. The number of nitrogens with zero attached hydrogens (tertiary/aromatic N) is 1. The fraction of sp³-hybridized carbons (Fsp3) is 0.167. The third-order valence-electron chi connectivity index (χ3n) is 5.16. The molecule has 1 atom stereocenters. The average Bonchev–Trinajstić information content (AvgIpc) is 3.38. The normalized spacial score (nSPS) is 17.7. The molecule has 1 aliphatic rings. The molecule has 32 heavy (non-hydrogen) atoms. The lowest BCUT2D eigenvalue weighted by molar-refractivity contribution is -0.140. The molecule has 2 heterocycles. The Morgan fingerprint density at radius 3 is 2.56 bits per heavy atom. The lowest BCUT2D eigenvalue weighted by Gasteiger charge is -2.25. The van der Waals surface area contributed by atoms with Crippen LogP contribution in [-0.2, 0) is 16.1 Å². The number of amides is 1. The first kappa shape index (κ1) is 21.9. The van der Waals surface area contributed by atoms with Gasteiger partial charge in [0.15, 0.2) is 11.5 Å². The molecule has 0 saturated carbocycles. The van der Waals surface area contributed by atoms with E-state index in [9.17, 15) is 19.8 Å². The zero-order chi connectivity index (χ0) is 22.8. The number of benzene rings is 2. The van der Waals surface area contributed by atoms with E-state index in [0.717, 1.165) is 4.88 Å². The summed E-state index contributed by atoms with van der Waals surface area (Å²) in [6.45, 7) is 2.32. The van der Waals surface area contributed by atoms with Crippen LogP contribution in [0.25, 0.3) is 5.76 Å². The van der Waals surface area contributed by atoms with E-state index >= 15 is 0 Å². The van der Waals surface area contributed by atoms with E-state index in [1.54, 1.807) is 43.3 Å². The topological polar surface area (TPSA) is 87.1 Å². The van der Waals surface area contributed by atoms with Gasteiger partial charge >= 0.3 is 0 Å². The number of phenolic OH excluding ortho intramolecular Hbond substituents is 1. The number of aliphatic hydroxyl groups is 1. The standard InChI is InChI=1S/C24H20ClNO5S/c1-2-31-19-12-15(7-10-18(19)27)21-20(22(28)14-5-8-16(25)9-6-14)23(29)24(30)26(21)13-17-4-3-11-32-17/h3-12,21,27-28H,2,13H2,1H3/b22-20+. The number of aromatic hydroxyl groups is 1. The summed E-state index contributed by atoms with van der Waals surface area (Å²) in [5.41, 5.74) is 0.886. The second-order valence-electron chi connectivity index (χ2n) is 7.17. The van der Waals surface area contributed by atoms with Crippen molar-refractivity contribution in [3.8, 4) is 11.5 Å². The average molecular weight is 470 g/mol. The van der Waals surface area contributed by atoms with Crippen molar-refractivity contribution < 1.29 is 24.5 Å². The van der Waals surface area contributed by atoms with Gasteiger partial charge < -0.3 is 19.8 Å². The Balaban J connectivity index is 1.88. The number of hydrogen-bond acceptors (Lipinski definition) is 6. The number of halogens is 1. The molecule has 2 N–H and O–H groups in total. The third kappa shape index (κ3) is 4.09. The second-order valence-corrected chi connectivity index (χ2v) is 8.64. The van der Waals surface area contributed by atoms with Crippen molar-refractivity contribution in [2.24, 2.45) is 0 Å². The van der Waals surface area contributed by atoms with Crippen LogP contribution in [0.5, 0.6) is 11.5 Å². The number of carbonyl (C=O) groups is 2. The summed E-state index contributed by atoms with van der Waals surface area (Å²) < 4.78 is 5.50. The number of thiophene rings is 1. The van der Waals surface area contributed by atoms with Crippen LogP contribution in [0.3, 0.4) is 0 Å². The van der Waals surface area contributed by atoms with Crippen LogP contribution in [0.2, 0.25) is 5.02 Å². The fourth-order valence-corrected chi connectivity index (χ4v) is 4.52. The van der Waals surface area contributed by atoms with Crippen LogP contribution < -0.4 is 4.74 Å². The van der Waals surface area contributed by atoms with Gasteiger partial charge in [-0.3, -0.25) is 9.59 Å². The zero-order valence-corrected chi connectivity index (χ0v) is 18.7. The number of carbonyl (C=O) groups excluding carboxylic acids is 2. The van der Waals surface area contributed by atoms with Crippen molar-refractivity contribution in [3.63, 3.8) is 0 Å². The molecule has 1 aromatic heterocycles. The van der Waals surface area contributed by atoms with Crippen molar-refractivity contribution >= 4 is 40.4 Å². The molecule has 4 rings (SSSR count). The Hall–Kier alpha value is -3.29. The number of phenols is 1. The number of ketones is 1. The second kappa shape index (κ2) is 9.06. The van der Waals surface area contributed by atoms with Gasteiger partial charge in [0.05, 0.1) is 24.8 Å². The van der Waals surface area contributed by atoms with E-state index in [1.165, 1.54) is 22.3 Å². The van der Waals surface area contributed by atoms with Crippen LogP contribution >= 0.6 is 22.9 Å². The van der Waals surface area contributed by atoms with Crippen LogP contribution in [0.4, 0.5) is 0 Å². The maximum absolute atomic E-state index is 13.1. The summed E-state index contributed by atoms with van der Waals surface area (Å²) in [4.78, 5) is 28.4. The summed E-state index contributed by atoms with van der Waals surface area (Å²) in [5.74, 6) is -1.58. The summed E-state index contributed by atoms with van der Waals surface area (Å²) >= 11 is 7.42. The molecule has 164 valence electrons. The fourth-order valence-electron chi connectivity index (χ4n) is 3.70. The molecule has 3 aromatic rings. The smallest absolute Gasteiger partial charge is 0.295 e. The Morgan fingerprint density at radius 1 is 1.16 bits per heavy atom. The van der Waals surface area contributed by atoms with Gasteiger partial charge in [-0.05, 0) is 60.3 Å². The Bertz CT molecular complexity index is 1190.